The summed E-state index contributed by atoms with van der Waals surface area (Å²) in [5.74, 6) is 1.59. The number of anilines is 2. The highest BCUT2D eigenvalue weighted by Gasteiger charge is 2.28. The second-order valence-corrected chi connectivity index (χ2v) is 5.41. The highest BCUT2D eigenvalue weighted by molar-refractivity contribution is 6.33. The minimum absolute atomic E-state index is 0.547. The van der Waals surface area contributed by atoms with Gasteiger partial charge in [-0.1, -0.05) is 25.4 Å². The normalized spacial score (nSPS) is 29.3. The summed E-state index contributed by atoms with van der Waals surface area (Å²) >= 11 is 6.14. The number of nitrogens with two attached hydrogens (primary N) is 1. The van der Waals surface area contributed by atoms with Crippen molar-refractivity contribution < 1.29 is 0 Å². The van der Waals surface area contributed by atoms with Crippen molar-refractivity contribution in [2.75, 3.05) is 11.1 Å². The Morgan fingerprint density at radius 2 is 1.88 bits per heavy atom. The molecule has 3 heteroatoms. The van der Waals surface area contributed by atoms with Gasteiger partial charge < -0.3 is 11.1 Å². The molecule has 0 bridgehead atoms. The zero-order valence-corrected chi connectivity index (χ0v) is 10.6. The molecule has 88 valence electrons. The van der Waals surface area contributed by atoms with E-state index in [1.807, 2.05) is 12.1 Å². The Balaban J connectivity index is 2.05. The lowest BCUT2D eigenvalue weighted by Crippen LogP contribution is -2.15. The molecule has 3 N–H and O–H groups in total. The summed E-state index contributed by atoms with van der Waals surface area (Å²) < 4.78 is 0. The molecule has 1 fully saturated rings. The number of hydrogen-bond donors (Lipinski definition) is 2. The molecule has 2 unspecified atom stereocenters. The van der Waals surface area contributed by atoms with Gasteiger partial charge in [0.25, 0.3) is 0 Å². The molecule has 16 heavy (non-hydrogen) atoms. The number of rotatable bonds is 2. The van der Waals surface area contributed by atoms with Gasteiger partial charge in [-0.05, 0) is 42.9 Å². The molecule has 0 aromatic heterocycles. The lowest BCUT2D eigenvalue weighted by Gasteiger charge is -2.15. The molecule has 2 atom stereocenters. The molecule has 1 aliphatic rings. The van der Waals surface area contributed by atoms with Crippen molar-refractivity contribution in [3.05, 3.63) is 23.2 Å². The van der Waals surface area contributed by atoms with Crippen LogP contribution in [-0.2, 0) is 0 Å². The third-order valence-electron chi connectivity index (χ3n) is 3.64. The molecule has 0 aliphatic heterocycles. The van der Waals surface area contributed by atoms with E-state index < -0.39 is 0 Å². The Kier molecular flexibility index (Phi) is 3.29. The fourth-order valence-corrected chi connectivity index (χ4v) is 2.69. The Labute approximate surface area is 102 Å². The van der Waals surface area contributed by atoms with Crippen molar-refractivity contribution in [3.63, 3.8) is 0 Å². The van der Waals surface area contributed by atoms with Gasteiger partial charge in [0, 0.05) is 11.7 Å². The fraction of sp³-hybridized carbons (Fsp3) is 0.538. The number of benzene rings is 1. The van der Waals surface area contributed by atoms with E-state index >= 15 is 0 Å². The molecular formula is C13H19ClN2. The highest BCUT2D eigenvalue weighted by atomic mass is 35.5. The second-order valence-electron chi connectivity index (χ2n) is 5.01. The highest BCUT2D eigenvalue weighted by Crippen LogP contribution is 2.34. The van der Waals surface area contributed by atoms with Gasteiger partial charge in [-0.3, -0.25) is 0 Å². The van der Waals surface area contributed by atoms with Gasteiger partial charge in [-0.15, -0.1) is 0 Å². The quantitative estimate of drug-likeness (QED) is 0.770. The van der Waals surface area contributed by atoms with Crippen LogP contribution in [0.3, 0.4) is 0 Å². The molecule has 2 rings (SSSR count). The first-order valence-electron chi connectivity index (χ1n) is 5.88. The van der Waals surface area contributed by atoms with Crippen LogP contribution >= 0.6 is 11.6 Å². The van der Waals surface area contributed by atoms with Crippen LogP contribution in [0.5, 0.6) is 0 Å². The number of halogens is 1. The van der Waals surface area contributed by atoms with Crippen LogP contribution in [0.25, 0.3) is 0 Å². The molecular weight excluding hydrogens is 220 g/mol. The summed E-state index contributed by atoms with van der Waals surface area (Å²) in [4.78, 5) is 0. The maximum Gasteiger partial charge on any atom is 0.0658 e. The number of nitrogen functional groups attached to an aromatic ring is 1. The van der Waals surface area contributed by atoms with Gasteiger partial charge >= 0.3 is 0 Å². The Morgan fingerprint density at radius 3 is 2.44 bits per heavy atom. The summed E-state index contributed by atoms with van der Waals surface area (Å²) in [5.41, 5.74) is 7.38. The van der Waals surface area contributed by atoms with Crippen molar-refractivity contribution in [3.8, 4) is 0 Å². The smallest absolute Gasteiger partial charge is 0.0658 e. The van der Waals surface area contributed by atoms with Crippen LogP contribution in [-0.4, -0.2) is 6.04 Å². The van der Waals surface area contributed by atoms with E-state index in [1.165, 1.54) is 12.8 Å². The van der Waals surface area contributed by atoms with Gasteiger partial charge in [0.2, 0.25) is 0 Å². The van der Waals surface area contributed by atoms with E-state index in [4.69, 9.17) is 17.3 Å². The molecule has 1 aromatic rings. The van der Waals surface area contributed by atoms with Gasteiger partial charge in [0.15, 0.2) is 0 Å². The zero-order chi connectivity index (χ0) is 11.7. The lowest BCUT2D eigenvalue weighted by atomic mass is 10.0. The molecule has 0 amide bonds. The molecule has 0 radical (unpaired) electrons. The van der Waals surface area contributed by atoms with Crippen molar-refractivity contribution >= 4 is 23.0 Å². The lowest BCUT2D eigenvalue weighted by molar-refractivity contribution is 0.457. The minimum atomic E-state index is 0.547. The van der Waals surface area contributed by atoms with Gasteiger partial charge in [-0.25, -0.2) is 0 Å². The zero-order valence-electron chi connectivity index (χ0n) is 9.83. The first kappa shape index (κ1) is 11.6. The molecule has 1 aliphatic carbocycles. The van der Waals surface area contributed by atoms with E-state index in [1.54, 1.807) is 6.07 Å². The Hall–Kier alpha value is -0.890. The number of nitrogens with one attached hydrogen (secondary N) is 1. The van der Waals surface area contributed by atoms with Crippen LogP contribution in [0.4, 0.5) is 11.4 Å². The van der Waals surface area contributed by atoms with Gasteiger partial charge in [0.05, 0.1) is 10.7 Å². The molecule has 0 saturated heterocycles. The summed E-state index contributed by atoms with van der Waals surface area (Å²) in [7, 11) is 0. The van der Waals surface area contributed by atoms with Gasteiger partial charge in [0.1, 0.15) is 0 Å². The maximum atomic E-state index is 6.14. The average molecular weight is 239 g/mol. The van der Waals surface area contributed by atoms with E-state index in [0.29, 0.717) is 16.8 Å². The third-order valence-corrected chi connectivity index (χ3v) is 3.95. The van der Waals surface area contributed by atoms with Crippen molar-refractivity contribution in [1.29, 1.82) is 0 Å². The summed E-state index contributed by atoms with van der Waals surface area (Å²) in [5, 5.41) is 4.22. The summed E-state index contributed by atoms with van der Waals surface area (Å²) in [6.45, 7) is 4.63. The van der Waals surface area contributed by atoms with Crippen LogP contribution in [0.1, 0.15) is 26.7 Å². The van der Waals surface area contributed by atoms with Crippen molar-refractivity contribution in [2.45, 2.75) is 32.7 Å². The molecule has 2 nitrogen and oxygen atoms in total. The first-order valence-corrected chi connectivity index (χ1v) is 6.25. The van der Waals surface area contributed by atoms with Crippen LogP contribution < -0.4 is 11.1 Å². The largest absolute Gasteiger partial charge is 0.399 e. The molecule has 0 spiro atoms. The predicted molar refractivity (Wildman–Crippen MR) is 70.8 cm³/mol. The van der Waals surface area contributed by atoms with E-state index in [-0.39, 0.29) is 0 Å². The summed E-state index contributed by atoms with van der Waals surface area (Å²) in [6, 6.07) is 6.19. The fourth-order valence-electron chi connectivity index (χ4n) is 2.44. The van der Waals surface area contributed by atoms with E-state index in [2.05, 4.69) is 19.2 Å². The van der Waals surface area contributed by atoms with E-state index in [0.717, 1.165) is 17.5 Å². The standard InChI is InChI=1S/C13H19ClN2/c1-8-5-11(6-9(8)2)16-13-4-3-10(15)7-12(13)14/h3-4,7-9,11,16H,5-6,15H2,1-2H3. The Bertz CT molecular complexity index is 368. The van der Waals surface area contributed by atoms with Crippen molar-refractivity contribution in [2.24, 2.45) is 11.8 Å². The topological polar surface area (TPSA) is 38.0 Å². The van der Waals surface area contributed by atoms with Crippen LogP contribution in [0.15, 0.2) is 18.2 Å². The van der Waals surface area contributed by atoms with Crippen LogP contribution in [0, 0.1) is 11.8 Å². The monoisotopic (exact) mass is 238 g/mol. The average Bonchev–Trinajstić information content (AvgIpc) is 2.51. The maximum absolute atomic E-state index is 6.14. The van der Waals surface area contributed by atoms with Crippen molar-refractivity contribution in [1.82, 2.24) is 0 Å². The minimum Gasteiger partial charge on any atom is -0.399 e. The van der Waals surface area contributed by atoms with Gasteiger partial charge in [-0.2, -0.15) is 0 Å². The van der Waals surface area contributed by atoms with E-state index in [9.17, 15) is 0 Å². The third kappa shape index (κ3) is 2.43. The molecule has 0 heterocycles. The van der Waals surface area contributed by atoms with Crippen LogP contribution in [0.2, 0.25) is 5.02 Å². The summed E-state index contributed by atoms with van der Waals surface area (Å²) in [6.07, 6.45) is 2.45. The Morgan fingerprint density at radius 1 is 1.25 bits per heavy atom. The molecule has 1 saturated carbocycles. The molecule has 1 aromatic carbocycles. The first-order chi connectivity index (χ1) is 7.56. The second kappa shape index (κ2) is 4.54. The number of hydrogen-bond acceptors (Lipinski definition) is 2. The predicted octanol–water partition coefficient (Wildman–Crippen LogP) is 3.77. The SMILES string of the molecule is CC1CC(Nc2ccc(N)cc2Cl)CC1C.